The minimum absolute atomic E-state index is 0.00688. The summed E-state index contributed by atoms with van der Waals surface area (Å²) in [5.74, 6) is 0.315. The van der Waals surface area contributed by atoms with Crippen LogP contribution in [0.1, 0.15) is 24.9 Å². The van der Waals surface area contributed by atoms with Crippen molar-refractivity contribution >= 4 is 16.7 Å². The van der Waals surface area contributed by atoms with Crippen LogP contribution in [0.5, 0.6) is 5.75 Å². The number of hydrogen-bond acceptors (Lipinski definition) is 3. The lowest BCUT2D eigenvalue weighted by atomic mass is 10.0. The van der Waals surface area contributed by atoms with Gasteiger partial charge in [-0.1, -0.05) is 36.4 Å². The number of carbonyl (C=O) groups excluding carboxylic acids is 1. The molecule has 0 heterocycles. The fraction of sp³-hybridized carbons (Fsp3) is 0.312. The van der Waals surface area contributed by atoms with Crippen molar-refractivity contribution in [2.24, 2.45) is 0 Å². The molecule has 1 unspecified atom stereocenters. The molecule has 0 radical (unpaired) electrons. The maximum atomic E-state index is 11.2. The standard InChI is InChI=1S/C16H20N2O2/c1-11(18-10-9-15(19)17-2)13-8-7-12-5-3-4-6-14(12)16(13)20/h3-8,11,18,20H,9-10H2,1-2H3,(H,17,19). The van der Waals surface area contributed by atoms with Crippen molar-refractivity contribution in [1.29, 1.82) is 0 Å². The minimum atomic E-state index is -0.00994. The van der Waals surface area contributed by atoms with Gasteiger partial charge in [-0.25, -0.2) is 0 Å². The van der Waals surface area contributed by atoms with Gasteiger partial charge in [-0.2, -0.15) is 0 Å². The molecule has 1 atom stereocenters. The van der Waals surface area contributed by atoms with Gasteiger partial charge in [0.2, 0.25) is 5.91 Å². The number of phenolic OH excluding ortho intramolecular Hbond substituents is 1. The highest BCUT2D eigenvalue weighted by Crippen LogP contribution is 2.32. The van der Waals surface area contributed by atoms with Gasteiger partial charge in [0, 0.05) is 37.0 Å². The number of amides is 1. The maximum Gasteiger partial charge on any atom is 0.221 e. The van der Waals surface area contributed by atoms with Crippen LogP contribution in [-0.4, -0.2) is 24.6 Å². The monoisotopic (exact) mass is 272 g/mol. The second-order valence-corrected chi connectivity index (χ2v) is 4.82. The van der Waals surface area contributed by atoms with Crippen molar-refractivity contribution in [3.8, 4) is 5.75 Å². The normalized spacial score (nSPS) is 12.3. The van der Waals surface area contributed by atoms with Crippen LogP contribution >= 0.6 is 0 Å². The minimum Gasteiger partial charge on any atom is -0.507 e. The SMILES string of the molecule is CNC(=O)CCNC(C)c1ccc2ccccc2c1O. The number of carbonyl (C=O) groups is 1. The maximum absolute atomic E-state index is 11.2. The van der Waals surface area contributed by atoms with Crippen molar-refractivity contribution < 1.29 is 9.90 Å². The number of benzene rings is 2. The van der Waals surface area contributed by atoms with Crippen LogP contribution in [0.25, 0.3) is 10.8 Å². The second-order valence-electron chi connectivity index (χ2n) is 4.82. The molecule has 2 aromatic carbocycles. The fourth-order valence-electron chi connectivity index (χ4n) is 2.26. The summed E-state index contributed by atoms with van der Waals surface area (Å²) in [6, 6.07) is 11.7. The number of hydrogen-bond donors (Lipinski definition) is 3. The van der Waals surface area contributed by atoms with Crippen molar-refractivity contribution in [3.05, 3.63) is 42.0 Å². The number of fused-ring (bicyclic) bond motifs is 1. The Labute approximate surface area is 118 Å². The molecule has 0 saturated heterocycles. The summed E-state index contributed by atoms with van der Waals surface area (Å²) >= 11 is 0. The van der Waals surface area contributed by atoms with Crippen LogP contribution in [-0.2, 0) is 4.79 Å². The fourth-order valence-corrected chi connectivity index (χ4v) is 2.26. The summed E-state index contributed by atoms with van der Waals surface area (Å²) in [5, 5.41) is 18.1. The van der Waals surface area contributed by atoms with E-state index >= 15 is 0 Å². The zero-order valence-corrected chi connectivity index (χ0v) is 11.8. The Morgan fingerprint density at radius 1 is 1.25 bits per heavy atom. The molecule has 0 spiro atoms. The summed E-state index contributed by atoms with van der Waals surface area (Å²) in [7, 11) is 1.63. The topological polar surface area (TPSA) is 61.4 Å². The number of rotatable bonds is 5. The Morgan fingerprint density at radius 2 is 2.00 bits per heavy atom. The van der Waals surface area contributed by atoms with E-state index in [1.165, 1.54) is 0 Å². The molecule has 0 aliphatic heterocycles. The molecule has 0 fully saturated rings. The van der Waals surface area contributed by atoms with Crippen LogP contribution in [0, 0.1) is 0 Å². The van der Waals surface area contributed by atoms with Crippen LogP contribution < -0.4 is 10.6 Å². The highest BCUT2D eigenvalue weighted by molar-refractivity contribution is 5.89. The highest BCUT2D eigenvalue weighted by Gasteiger charge is 2.12. The molecule has 0 aliphatic rings. The van der Waals surface area contributed by atoms with E-state index in [4.69, 9.17) is 0 Å². The molecule has 3 N–H and O–H groups in total. The van der Waals surface area contributed by atoms with E-state index in [-0.39, 0.29) is 11.9 Å². The quantitative estimate of drug-likeness (QED) is 0.783. The van der Waals surface area contributed by atoms with Crippen LogP contribution in [0.2, 0.25) is 0 Å². The van der Waals surface area contributed by atoms with Crippen molar-refractivity contribution in [2.75, 3.05) is 13.6 Å². The zero-order chi connectivity index (χ0) is 14.5. The van der Waals surface area contributed by atoms with E-state index in [1.54, 1.807) is 7.05 Å². The molecule has 0 bridgehead atoms. The van der Waals surface area contributed by atoms with E-state index in [9.17, 15) is 9.90 Å². The summed E-state index contributed by atoms with van der Waals surface area (Å²) in [5.41, 5.74) is 0.848. The lowest BCUT2D eigenvalue weighted by Crippen LogP contribution is -2.26. The summed E-state index contributed by atoms with van der Waals surface area (Å²) in [4.78, 5) is 11.2. The van der Waals surface area contributed by atoms with E-state index < -0.39 is 0 Å². The van der Waals surface area contributed by atoms with Gasteiger partial charge in [0.15, 0.2) is 0 Å². The molecular weight excluding hydrogens is 252 g/mol. The van der Waals surface area contributed by atoms with Gasteiger partial charge in [-0.15, -0.1) is 0 Å². The molecule has 1 amide bonds. The van der Waals surface area contributed by atoms with Gasteiger partial charge in [0.1, 0.15) is 5.75 Å². The molecule has 20 heavy (non-hydrogen) atoms. The highest BCUT2D eigenvalue weighted by atomic mass is 16.3. The predicted octanol–water partition coefficient (Wildman–Crippen LogP) is 2.33. The van der Waals surface area contributed by atoms with Crippen LogP contribution in [0.15, 0.2) is 36.4 Å². The first-order valence-corrected chi connectivity index (χ1v) is 6.78. The Hall–Kier alpha value is -2.07. The van der Waals surface area contributed by atoms with Crippen molar-refractivity contribution in [2.45, 2.75) is 19.4 Å². The lowest BCUT2D eigenvalue weighted by Gasteiger charge is -2.16. The van der Waals surface area contributed by atoms with Gasteiger partial charge in [0.25, 0.3) is 0 Å². The van der Waals surface area contributed by atoms with Crippen LogP contribution in [0.4, 0.5) is 0 Å². The third kappa shape index (κ3) is 3.08. The predicted molar refractivity (Wildman–Crippen MR) is 80.7 cm³/mol. The Balaban J connectivity index is 2.12. The molecule has 0 aliphatic carbocycles. The van der Waals surface area contributed by atoms with E-state index in [2.05, 4.69) is 10.6 Å². The smallest absolute Gasteiger partial charge is 0.221 e. The molecule has 0 aromatic heterocycles. The molecule has 106 valence electrons. The number of phenols is 1. The third-order valence-corrected chi connectivity index (χ3v) is 3.48. The molecule has 2 aromatic rings. The Morgan fingerprint density at radius 3 is 2.75 bits per heavy atom. The number of nitrogens with one attached hydrogen (secondary N) is 2. The average molecular weight is 272 g/mol. The Kier molecular flexibility index (Phi) is 4.58. The van der Waals surface area contributed by atoms with Crippen LogP contribution in [0.3, 0.4) is 0 Å². The molecule has 4 heteroatoms. The second kappa shape index (κ2) is 6.39. The van der Waals surface area contributed by atoms with Gasteiger partial charge < -0.3 is 15.7 Å². The molecule has 2 rings (SSSR count). The molecule has 4 nitrogen and oxygen atoms in total. The molecule has 0 saturated carbocycles. The summed E-state index contributed by atoms with van der Waals surface area (Å²) in [6.45, 7) is 2.56. The average Bonchev–Trinajstić information content (AvgIpc) is 2.47. The number of aromatic hydroxyl groups is 1. The zero-order valence-electron chi connectivity index (χ0n) is 11.8. The first kappa shape index (κ1) is 14.3. The van der Waals surface area contributed by atoms with Crippen molar-refractivity contribution in [1.82, 2.24) is 10.6 Å². The summed E-state index contributed by atoms with van der Waals surface area (Å²) in [6.07, 6.45) is 0.426. The van der Waals surface area contributed by atoms with Gasteiger partial charge in [-0.3, -0.25) is 4.79 Å². The largest absolute Gasteiger partial charge is 0.507 e. The first-order valence-electron chi connectivity index (χ1n) is 6.78. The first-order chi connectivity index (χ1) is 9.63. The van der Waals surface area contributed by atoms with E-state index in [0.29, 0.717) is 18.7 Å². The lowest BCUT2D eigenvalue weighted by molar-refractivity contribution is -0.120. The summed E-state index contributed by atoms with van der Waals surface area (Å²) < 4.78 is 0. The third-order valence-electron chi connectivity index (χ3n) is 3.48. The Bertz CT molecular complexity index is 610. The van der Waals surface area contributed by atoms with Crippen molar-refractivity contribution in [3.63, 3.8) is 0 Å². The van der Waals surface area contributed by atoms with Gasteiger partial charge in [-0.05, 0) is 12.3 Å². The van der Waals surface area contributed by atoms with Gasteiger partial charge in [0.05, 0.1) is 0 Å². The van der Waals surface area contributed by atoms with E-state index in [0.717, 1.165) is 16.3 Å². The van der Waals surface area contributed by atoms with E-state index in [1.807, 2.05) is 43.3 Å². The molecular formula is C16H20N2O2. The van der Waals surface area contributed by atoms with Gasteiger partial charge >= 0.3 is 0 Å².